The van der Waals surface area contributed by atoms with E-state index >= 15 is 0 Å². The second-order valence-corrected chi connectivity index (χ2v) is 5.96. The second-order valence-electron chi connectivity index (χ2n) is 5.96. The van der Waals surface area contributed by atoms with Crippen molar-refractivity contribution in [3.8, 4) is 5.75 Å². The van der Waals surface area contributed by atoms with Gasteiger partial charge in [-0.3, -0.25) is 0 Å². The third kappa shape index (κ3) is 4.11. The normalized spacial score (nSPS) is 12.0. The molecule has 6 nitrogen and oxygen atoms in total. The van der Waals surface area contributed by atoms with Gasteiger partial charge in [0.1, 0.15) is 5.65 Å². The van der Waals surface area contributed by atoms with Crippen LogP contribution in [0.5, 0.6) is 5.75 Å². The quantitative estimate of drug-likeness (QED) is 0.713. The van der Waals surface area contributed by atoms with Crippen LogP contribution in [0.2, 0.25) is 0 Å². The van der Waals surface area contributed by atoms with Gasteiger partial charge in [0.25, 0.3) is 0 Å². The van der Waals surface area contributed by atoms with Gasteiger partial charge in [-0.15, -0.1) is 0 Å². The maximum absolute atomic E-state index is 13.8. The fourth-order valence-electron chi connectivity index (χ4n) is 2.69. The molecule has 7 heteroatoms. The summed E-state index contributed by atoms with van der Waals surface area (Å²) in [5, 5.41) is 5.59. The van der Waals surface area contributed by atoms with Gasteiger partial charge < -0.3 is 19.8 Å². The molecule has 0 spiro atoms. The molecule has 0 saturated heterocycles. The summed E-state index contributed by atoms with van der Waals surface area (Å²) in [6.45, 7) is 2.25. The van der Waals surface area contributed by atoms with Gasteiger partial charge >= 0.3 is 6.03 Å². The van der Waals surface area contributed by atoms with E-state index in [1.807, 2.05) is 35.0 Å². The summed E-state index contributed by atoms with van der Waals surface area (Å²) in [4.78, 5) is 16.5. The first kappa shape index (κ1) is 17.7. The first-order valence-corrected chi connectivity index (χ1v) is 8.37. The molecule has 0 bridgehead atoms. The molecule has 2 N–H and O–H groups in total. The number of ether oxygens (including phenoxy) is 1. The third-order valence-corrected chi connectivity index (χ3v) is 4.10. The second kappa shape index (κ2) is 7.86. The molecule has 3 aromatic rings. The Morgan fingerprint density at radius 2 is 2.19 bits per heavy atom. The number of amides is 2. The Labute approximate surface area is 151 Å². The van der Waals surface area contributed by atoms with E-state index in [-0.39, 0.29) is 17.8 Å². The highest BCUT2D eigenvalue weighted by atomic mass is 19.1. The summed E-state index contributed by atoms with van der Waals surface area (Å²) in [7, 11) is 1.41. The fraction of sp³-hybridized carbons (Fsp3) is 0.263. The number of aromatic nitrogens is 2. The molecular formula is C19H21FN4O2. The van der Waals surface area contributed by atoms with Crippen molar-refractivity contribution in [3.05, 3.63) is 65.9 Å². The number of benzene rings is 1. The summed E-state index contributed by atoms with van der Waals surface area (Å²) < 4.78 is 20.6. The molecule has 2 amide bonds. The number of rotatable bonds is 6. The van der Waals surface area contributed by atoms with Crippen LogP contribution in [0, 0.1) is 5.82 Å². The summed E-state index contributed by atoms with van der Waals surface area (Å²) >= 11 is 0. The van der Waals surface area contributed by atoms with Gasteiger partial charge in [-0.25, -0.2) is 14.2 Å². The number of halogens is 1. The largest absolute Gasteiger partial charge is 0.494 e. The average molecular weight is 356 g/mol. The summed E-state index contributed by atoms with van der Waals surface area (Å²) in [5.74, 6) is -0.274. The van der Waals surface area contributed by atoms with Crippen molar-refractivity contribution in [1.82, 2.24) is 20.0 Å². The Balaban J connectivity index is 1.49. The van der Waals surface area contributed by atoms with E-state index in [4.69, 9.17) is 4.74 Å². The van der Waals surface area contributed by atoms with Gasteiger partial charge in [-0.1, -0.05) is 12.1 Å². The van der Waals surface area contributed by atoms with Crippen LogP contribution >= 0.6 is 0 Å². The maximum Gasteiger partial charge on any atom is 0.315 e. The molecule has 2 aromatic heterocycles. The van der Waals surface area contributed by atoms with Crippen molar-refractivity contribution >= 4 is 11.7 Å². The molecule has 0 saturated carbocycles. The summed E-state index contributed by atoms with van der Waals surface area (Å²) in [5.41, 5.74) is 2.45. The van der Waals surface area contributed by atoms with E-state index in [9.17, 15) is 9.18 Å². The van der Waals surface area contributed by atoms with Gasteiger partial charge in [0.15, 0.2) is 11.6 Å². The molecule has 1 unspecified atom stereocenters. The maximum atomic E-state index is 13.8. The molecule has 0 radical (unpaired) electrons. The lowest BCUT2D eigenvalue weighted by Gasteiger charge is -2.15. The predicted octanol–water partition coefficient (Wildman–Crippen LogP) is 3.08. The van der Waals surface area contributed by atoms with Gasteiger partial charge in [-0.05, 0) is 36.8 Å². The first-order valence-electron chi connectivity index (χ1n) is 8.37. The van der Waals surface area contributed by atoms with Crippen LogP contribution in [-0.2, 0) is 6.42 Å². The van der Waals surface area contributed by atoms with Crippen LogP contribution in [0.15, 0.2) is 48.8 Å². The van der Waals surface area contributed by atoms with E-state index in [0.717, 1.165) is 11.3 Å². The van der Waals surface area contributed by atoms with Crippen LogP contribution in [0.4, 0.5) is 9.18 Å². The molecule has 0 aliphatic carbocycles. The van der Waals surface area contributed by atoms with Gasteiger partial charge in [0, 0.05) is 25.4 Å². The zero-order valence-electron chi connectivity index (χ0n) is 14.7. The molecule has 0 fully saturated rings. The van der Waals surface area contributed by atoms with Gasteiger partial charge in [0.05, 0.1) is 18.8 Å². The Kier molecular flexibility index (Phi) is 5.36. The lowest BCUT2D eigenvalue weighted by molar-refractivity contribution is 0.238. The van der Waals surface area contributed by atoms with Crippen molar-refractivity contribution in [3.63, 3.8) is 0 Å². The van der Waals surface area contributed by atoms with Crippen molar-refractivity contribution in [2.45, 2.75) is 19.4 Å². The number of nitrogens with one attached hydrogen (secondary N) is 2. The lowest BCUT2D eigenvalue weighted by Crippen LogP contribution is -2.38. The standard InChI is InChI=1S/C19H21FN4O2/c1-13(14-6-7-17(26-2)16(20)11-14)22-19(25)21-9-8-15-12-24-10-4-3-5-18(24)23-15/h3-7,10-13H,8-9H2,1-2H3,(H2,21,22,25). The number of carbonyl (C=O) groups is 1. The highest BCUT2D eigenvalue weighted by Crippen LogP contribution is 2.21. The fourth-order valence-corrected chi connectivity index (χ4v) is 2.69. The number of methoxy groups -OCH3 is 1. The van der Waals surface area contributed by atoms with Crippen molar-refractivity contribution in [2.24, 2.45) is 0 Å². The minimum atomic E-state index is -0.453. The summed E-state index contributed by atoms with van der Waals surface area (Å²) in [6.07, 6.45) is 4.50. The number of fused-ring (bicyclic) bond motifs is 1. The number of hydrogen-bond donors (Lipinski definition) is 2. The molecule has 1 atom stereocenters. The minimum Gasteiger partial charge on any atom is -0.494 e. The van der Waals surface area contributed by atoms with Crippen LogP contribution in [0.3, 0.4) is 0 Å². The monoisotopic (exact) mass is 356 g/mol. The highest BCUT2D eigenvalue weighted by Gasteiger charge is 2.12. The predicted molar refractivity (Wildman–Crippen MR) is 96.8 cm³/mol. The zero-order valence-corrected chi connectivity index (χ0v) is 14.7. The smallest absolute Gasteiger partial charge is 0.315 e. The number of nitrogens with zero attached hydrogens (tertiary/aromatic N) is 2. The average Bonchev–Trinajstić information content (AvgIpc) is 3.04. The number of carbonyl (C=O) groups excluding carboxylic acids is 1. The molecule has 136 valence electrons. The molecule has 26 heavy (non-hydrogen) atoms. The van der Waals surface area contributed by atoms with E-state index in [2.05, 4.69) is 15.6 Å². The summed E-state index contributed by atoms with van der Waals surface area (Å²) in [6, 6.07) is 9.80. The zero-order chi connectivity index (χ0) is 18.5. The van der Waals surface area contributed by atoms with Crippen molar-refractivity contribution < 1.29 is 13.9 Å². The Morgan fingerprint density at radius 1 is 1.35 bits per heavy atom. The number of hydrogen-bond acceptors (Lipinski definition) is 3. The lowest BCUT2D eigenvalue weighted by atomic mass is 10.1. The Bertz CT molecular complexity index is 876. The van der Waals surface area contributed by atoms with Crippen LogP contribution in [0.1, 0.15) is 24.2 Å². The molecule has 2 heterocycles. The highest BCUT2D eigenvalue weighted by molar-refractivity contribution is 5.74. The van der Waals surface area contributed by atoms with Crippen LogP contribution in [0.25, 0.3) is 5.65 Å². The van der Waals surface area contributed by atoms with E-state index in [1.165, 1.54) is 13.2 Å². The van der Waals surface area contributed by atoms with E-state index in [0.29, 0.717) is 18.5 Å². The van der Waals surface area contributed by atoms with Crippen LogP contribution < -0.4 is 15.4 Å². The van der Waals surface area contributed by atoms with Gasteiger partial charge in [0.2, 0.25) is 0 Å². The van der Waals surface area contributed by atoms with Crippen LogP contribution in [-0.4, -0.2) is 29.1 Å². The van der Waals surface area contributed by atoms with Crippen molar-refractivity contribution in [2.75, 3.05) is 13.7 Å². The topological polar surface area (TPSA) is 67.7 Å². The third-order valence-electron chi connectivity index (χ3n) is 4.10. The molecular weight excluding hydrogens is 335 g/mol. The van der Waals surface area contributed by atoms with E-state index in [1.54, 1.807) is 19.1 Å². The first-order chi connectivity index (χ1) is 12.6. The Morgan fingerprint density at radius 3 is 2.92 bits per heavy atom. The molecule has 3 rings (SSSR count). The number of urea groups is 1. The SMILES string of the molecule is COc1ccc(C(C)NC(=O)NCCc2cn3ccccc3n2)cc1F. The Hall–Kier alpha value is -3.09. The minimum absolute atomic E-state index is 0.179. The molecule has 0 aliphatic heterocycles. The molecule has 0 aliphatic rings. The van der Waals surface area contributed by atoms with Gasteiger partial charge in [-0.2, -0.15) is 0 Å². The molecule has 1 aromatic carbocycles. The van der Waals surface area contributed by atoms with E-state index < -0.39 is 5.82 Å². The number of pyridine rings is 1. The number of imidazole rings is 1. The van der Waals surface area contributed by atoms with Crippen molar-refractivity contribution in [1.29, 1.82) is 0 Å².